The summed E-state index contributed by atoms with van der Waals surface area (Å²) in [6.07, 6.45) is 2.26. The number of hydrogen-bond acceptors (Lipinski definition) is 3. The predicted molar refractivity (Wildman–Crippen MR) is 77.5 cm³/mol. The van der Waals surface area contributed by atoms with Gasteiger partial charge in [0, 0.05) is 18.2 Å². The van der Waals surface area contributed by atoms with Crippen LogP contribution in [0.15, 0.2) is 12.1 Å². The molecule has 1 aliphatic rings. The van der Waals surface area contributed by atoms with E-state index in [0.717, 1.165) is 30.8 Å². The fraction of sp³-hybridized carbons (Fsp3) is 0.625. The lowest BCUT2D eigenvalue weighted by molar-refractivity contribution is 0.197. The van der Waals surface area contributed by atoms with Gasteiger partial charge in [0.15, 0.2) is 0 Å². The molecule has 0 aliphatic carbocycles. The summed E-state index contributed by atoms with van der Waals surface area (Å²) in [7, 11) is 0. The summed E-state index contributed by atoms with van der Waals surface area (Å²) in [4.78, 5) is 2.52. The second-order valence-corrected chi connectivity index (χ2v) is 5.21. The van der Waals surface area contributed by atoms with E-state index in [0.29, 0.717) is 12.6 Å². The highest BCUT2D eigenvalue weighted by Crippen LogP contribution is 2.34. The minimum Gasteiger partial charge on any atom is -0.493 e. The molecule has 3 heteroatoms. The molecule has 0 radical (unpaired) electrons. The molecule has 0 bridgehead atoms. The van der Waals surface area contributed by atoms with Gasteiger partial charge in [0.05, 0.1) is 13.2 Å². The molecule has 1 aliphatic heterocycles. The zero-order valence-electron chi connectivity index (χ0n) is 12.3. The molecule has 1 atom stereocenters. The SMILES string of the molecule is CCCN1CCc2cc(CO)c(OCC)cc2C1C. The van der Waals surface area contributed by atoms with Crippen LogP contribution in [0.1, 0.15) is 49.9 Å². The van der Waals surface area contributed by atoms with E-state index >= 15 is 0 Å². The number of rotatable bonds is 5. The Morgan fingerprint density at radius 1 is 1.37 bits per heavy atom. The first kappa shape index (κ1) is 14.4. The van der Waals surface area contributed by atoms with Gasteiger partial charge in [-0.15, -0.1) is 0 Å². The Morgan fingerprint density at radius 2 is 2.16 bits per heavy atom. The number of nitrogens with zero attached hydrogens (tertiary/aromatic N) is 1. The fourth-order valence-corrected chi connectivity index (χ4v) is 2.96. The van der Waals surface area contributed by atoms with Crippen molar-refractivity contribution in [2.75, 3.05) is 19.7 Å². The topological polar surface area (TPSA) is 32.7 Å². The van der Waals surface area contributed by atoms with Gasteiger partial charge in [-0.3, -0.25) is 4.90 Å². The molecule has 1 unspecified atom stereocenters. The van der Waals surface area contributed by atoms with Crippen molar-refractivity contribution in [3.8, 4) is 5.75 Å². The van der Waals surface area contributed by atoms with Gasteiger partial charge in [0.1, 0.15) is 5.75 Å². The van der Waals surface area contributed by atoms with E-state index in [2.05, 4.69) is 30.9 Å². The Morgan fingerprint density at radius 3 is 2.79 bits per heavy atom. The molecule has 0 amide bonds. The molecule has 0 aromatic heterocycles. The van der Waals surface area contributed by atoms with Crippen LogP contribution in [0, 0.1) is 0 Å². The zero-order chi connectivity index (χ0) is 13.8. The van der Waals surface area contributed by atoms with E-state index in [1.54, 1.807) is 0 Å². The summed E-state index contributed by atoms with van der Waals surface area (Å²) in [5, 5.41) is 9.46. The maximum absolute atomic E-state index is 9.46. The lowest BCUT2D eigenvalue weighted by Gasteiger charge is -2.35. The van der Waals surface area contributed by atoms with Gasteiger partial charge in [-0.1, -0.05) is 6.92 Å². The molecule has 0 fully saturated rings. The minimum absolute atomic E-state index is 0.0513. The fourth-order valence-electron chi connectivity index (χ4n) is 2.96. The van der Waals surface area contributed by atoms with Gasteiger partial charge in [-0.2, -0.15) is 0 Å². The molecule has 0 saturated carbocycles. The summed E-state index contributed by atoms with van der Waals surface area (Å²) in [6.45, 7) is 9.42. The van der Waals surface area contributed by atoms with E-state index < -0.39 is 0 Å². The predicted octanol–water partition coefficient (Wildman–Crippen LogP) is 2.91. The lowest BCUT2D eigenvalue weighted by Crippen LogP contribution is -2.34. The molecular formula is C16H25NO2. The molecule has 1 N–H and O–H groups in total. The molecule has 0 saturated heterocycles. The number of fused-ring (bicyclic) bond motifs is 1. The van der Waals surface area contributed by atoms with Crippen molar-refractivity contribution in [2.45, 2.75) is 46.3 Å². The van der Waals surface area contributed by atoms with Crippen LogP contribution >= 0.6 is 0 Å². The van der Waals surface area contributed by atoms with Crippen LogP contribution in [0.2, 0.25) is 0 Å². The Labute approximate surface area is 116 Å². The summed E-state index contributed by atoms with van der Waals surface area (Å²) >= 11 is 0. The van der Waals surface area contributed by atoms with Crippen LogP contribution in [0.3, 0.4) is 0 Å². The number of hydrogen-bond donors (Lipinski definition) is 1. The van der Waals surface area contributed by atoms with Crippen molar-refractivity contribution < 1.29 is 9.84 Å². The molecule has 0 spiro atoms. The number of aliphatic hydroxyl groups excluding tert-OH is 1. The molecule has 1 aromatic carbocycles. The van der Waals surface area contributed by atoms with Crippen LogP contribution in [0.5, 0.6) is 5.75 Å². The summed E-state index contributed by atoms with van der Waals surface area (Å²) in [5.74, 6) is 0.842. The van der Waals surface area contributed by atoms with E-state index in [1.807, 2.05) is 6.92 Å². The van der Waals surface area contributed by atoms with Crippen molar-refractivity contribution in [3.05, 3.63) is 28.8 Å². The lowest BCUT2D eigenvalue weighted by atomic mass is 9.91. The summed E-state index contributed by atoms with van der Waals surface area (Å²) in [6, 6.07) is 4.70. The highest BCUT2D eigenvalue weighted by molar-refractivity contribution is 5.45. The standard InChI is InChI=1S/C16H25NO2/c1-4-7-17-8-6-13-9-14(11-18)16(19-5-2)10-15(13)12(17)3/h9-10,12,18H,4-8,11H2,1-3H3. The third-order valence-electron chi connectivity index (χ3n) is 3.97. The van der Waals surface area contributed by atoms with Gasteiger partial charge >= 0.3 is 0 Å². The van der Waals surface area contributed by atoms with Crippen molar-refractivity contribution >= 4 is 0 Å². The van der Waals surface area contributed by atoms with Gasteiger partial charge in [0.25, 0.3) is 0 Å². The van der Waals surface area contributed by atoms with Crippen LogP contribution in [-0.2, 0) is 13.0 Å². The van der Waals surface area contributed by atoms with Gasteiger partial charge < -0.3 is 9.84 Å². The maximum Gasteiger partial charge on any atom is 0.125 e. The average molecular weight is 263 g/mol. The number of benzene rings is 1. The largest absolute Gasteiger partial charge is 0.493 e. The second kappa shape index (κ2) is 6.40. The first-order valence-electron chi connectivity index (χ1n) is 7.34. The van der Waals surface area contributed by atoms with Crippen molar-refractivity contribution in [2.24, 2.45) is 0 Å². The van der Waals surface area contributed by atoms with Crippen molar-refractivity contribution in [3.63, 3.8) is 0 Å². The second-order valence-electron chi connectivity index (χ2n) is 5.21. The van der Waals surface area contributed by atoms with E-state index in [1.165, 1.54) is 17.5 Å². The number of aliphatic hydroxyl groups is 1. The van der Waals surface area contributed by atoms with Gasteiger partial charge in [0.2, 0.25) is 0 Å². The van der Waals surface area contributed by atoms with E-state index in [4.69, 9.17) is 4.74 Å². The molecule has 2 rings (SSSR count). The minimum atomic E-state index is 0.0513. The van der Waals surface area contributed by atoms with Crippen LogP contribution in [0.25, 0.3) is 0 Å². The molecular weight excluding hydrogens is 238 g/mol. The molecule has 1 heterocycles. The molecule has 1 aromatic rings. The van der Waals surface area contributed by atoms with Crippen molar-refractivity contribution in [1.29, 1.82) is 0 Å². The molecule has 3 nitrogen and oxygen atoms in total. The van der Waals surface area contributed by atoms with Crippen LogP contribution in [-0.4, -0.2) is 29.7 Å². The summed E-state index contributed by atoms with van der Waals surface area (Å²) in [5.41, 5.74) is 3.64. The third kappa shape index (κ3) is 2.93. The summed E-state index contributed by atoms with van der Waals surface area (Å²) < 4.78 is 5.66. The third-order valence-corrected chi connectivity index (χ3v) is 3.97. The highest BCUT2D eigenvalue weighted by atomic mass is 16.5. The Hall–Kier alpha value is -1.06. The van der Waals surface area contributed by atoms with E-state index in [-0.39, 0.29) is 6.61 Å². The number of ether oxygens (including phenoxy) is 1. The van der Waals surface area contributed by atoms with Crippen LogP contribution < -0.4 is 4.74 Å². The first-order valence-corrected chi connectivity index (χ1v) is 7.34. The average Bonchev–Trinajstić information content (AvgIpc) is 2.42. The van der Waals surface area contributed by atoms with Gasteiger partial charge in [-0.25, -0.2) is 0 Å². The maximum atomic E-state index is 9.46. The Balaban J connectivity index is 2.34. The molecule has 106 valence electrons. The van der Waals surface area contributed by atoms with Crippen LogP contribution in [0.4, 0.5) is 0 Å². The zero-order valence-corrected chi connectivity index (χ0v) is 12.3. The van der Waals surface area contributed by atoms with E-state index in [9.17, 15) is 5.11 Å². The van der Waals surface area contributed by atoms with Crippen molar-refractivity contribution in [1.82, 2.24) is 4.90 Å². The Kier molecular flexibility index (Phi) is 4.83. The smallest absolute Gasteiger partial charge is 0.125 e. The monoisotopic (exact) mass is 263 g/mol. The Bertz CT molecular complexity index is 431. The highest BCUT2D eigenvalue weighted by Gasteiger charge is 2.24. The molecule has 19 heavy (non-hydrogen) atoms. The quantitative estimate of drug-likeness (QED) is 0.886. The normalized spacial score (nSPS) is 19.3. The first-order chi connectivity index (χ1) is 9.21. The van der Waals surface area contributed by atoms with Gasteiger partial charge in [-0.05, 0) is 56.5 Å².